The van der Waals surface area contributed by atoms with Gasteiger partial charge in [0.2, 0.25) is 5.88 Å². The second-order valence-electron chi connectivity index (χ2n) is 5.47. The number of nitro benzene ring substituents is 1. The van der Waals surface area contributed by atoms with Crippen molar-refractivity contribution in [2.45, 2.75) is 0 Å². The number of hydrogen-bond acceptors (Lipinski definition) is 7. The predicted molar refractivity (Wildman–Crippen MR) is 101 cm³/mol. The third-order valence-corrected chi connectivity index (χ3v) is 4.04. The molecule has 0 saturated carbocycles. The van der Waals surface area contributed by atoms with Gasteiger partial charge in [0, 0.05) is 12.3 Å². The average Bonchev–Trinajstić information content (AvgIpc) is 2.63. The highest BCUT2D eigenvalue weighted by Gasteiger charge is 2.16. The molecule has 0 amide bonds. The molecule has 0 fully saturated rings. The number of rotatable bonds is 4. The van der Waals surface area contributed by atoms with E-state index in [0.29, 0.717) is 0 Å². The number of aromatic nitrogens is 2. The number of aromatic amines is 1. The summed E-state index contributed by atoms with van der Waals surface area (Å²) in [5, 5.41) is 31.1. The Hall–Kier alpha value is -3.92. The molecule has 1 heterocycles. The number of nitrogens with zero attached hydrogens (tertiary/aromatic N) is 3. The second-order valence-corrected chi connectivity index (χ2v) is 5.88. The Morgan fingerprint density at radius 2 is 1.89 bits per heavy atom. The highest BCUT2D eigenvalue weighted by Crippen LogP contribution is 2.30. The highest BCUT2D eigenvalue weighted by molar-refractivity contribution is 6.32. The van der Waals surface area contributed by atoms with Crippen molar-refractivity contribution in [2.24, 2.45) is 4.99 Å². The molecule has 0 radical (unpaired) electrons. The van der Waals surface area contributed by atoms with E-state index in [1.807, 2.05) is 4.98 Å². The van der Waals surface area contributed by atoms with E-state index < -0.39 is 27.8 Å². The molecule has 3 rings (SSSR count). The van der Waals surface area contributed by atoms with E-state index in [1.54, 1.807) is 12.1 Å². The van der Waals surface area contributed by atoms with Crippen LogP contribution in [0, 0.1) is 10.1 Å². The summed E-state index contributed by atoms with van der Waals surface area (Å²) in [5.74, 6) is -1.22. The molecule has 28 heavy (non-hydrogen) atoms. The quantitative estimate of drug-likeness (QED) is 0.346. The monoisotopic (exact) mass is 402 g/mol. The average molecular weight is 403 g/mol. The second kappa shape index (κ2) is 7.37. The summed E-state index contributed by atoms with van der Waals surface area (Å²) >= 11 is 6.04. The van der Waals surface area contributed by atoms with Crippen molar-refractivity contribution in [1.29, 1.82) is 0 Å². The zero-order valence-electron chi connectivity index (χ0n) is 13.9. The van der Waals surface area contributed by atoms with Crippen LogP contribution in [0.15, 0.2) is 57.0 Å². The molecule has 142 valence electrons. The summed E-state index contributed by atoms with van der Waals surface area (Å²) in [4.78, 5) is 40.1. The van der Waals surface area contributed by atoms with Crippen molar-refractivity contribution < 1.29 is 15.1 Å². The van der Waals surface area contributed by atoms with Gasteiger partial charge in [-0.05, 0) is 18.2 Å². The van der Waals surface area contributed by atoms with E-state index in [-0.39, 0.29) is 27.6 Å². The van der Waals surface area contributed by atoms with Crippen molar-refractivity contribution in [2.75, 3.05) is 0 Å². The Balaban J connectivity index is 2.11. The molecule has 11 heteroatoms. The van der Waals surface area contributed by atoms with E-state index in [4.69, 9.17) is 11.6 Å². The lowest BCUT2D eigenvalue weighted by atomic mass is 10.2. The molecule has 0 aliphatic heterocycles. The Kier molecular flexibility index (Phi) is 4.96. The fourth-order valence-corrected chi connectivity index (χ4v) is 2.60. The Bertz CT molecular complexity index is 1230. The summed E-state index contributed by atoms with van der Waals surface area (Å²) in [6, 6.07) is 9.34. The summed E-state index contributed by atoms with van der Waals surface area (Å²) in [6.45, 7) is 0. The van der Waals surface area contributed by atoms with E-state index in [1.165, 1.54) is 18.2 Å². The van der Waals surface area contributed by atoms with Crippen LogP contribution in [0.3, 0.4) is 0 Å². The van der Waals surface area contributed by atoms with Gasteiger partial charge in [0.25, 0.3) is 11.2 Å². The Morgan fingerprint density at radius 3 is 2.54 bits per heavy atom. The lowest BCUT2D eigenvalue weighted by molar-refractivity contribution is -0.384. The van der Waals surface area contributed by atoms with Crippen LogP contribution in [-0.4, -0.2) is 30.9 Å². The maximum Gasteiger partial charge on any atom is 0.335 e. The first-order valence-electron chi connectivity index (χ1n) is 7.64. The molecule has 2 aromatic carbocycles. The standard InChI is InChI=1S/C17H11ClN4O6/c18-11-3-1-2-4-13(11)21-16(25)10(15(24)20-17(21)26)8-19-12-6-5-9(22(27)28)7-14(12)23/h1-8,23,25H,(H,20,24,26). The molecule has 3 N–H and O–H groups in total. The zero-order valence-corrected chi connectivity index (χ0v) is 14.6. The number of nitrogens with one attached hydrogen (secondary N) is 1. The Morgan fingerprint density at radius 1 is 1.18 bits per heavy atom. The van der Waals surface area contributed by atoms with Gasteiger partial charge in [0.1, 0.15) is 17.0 Å². The molecule has 1 aromatic heterocycles. The van der Waals surface area contributed by atoms with Gasteiger partial charge in [-0.15, -0.1) is 0 Å². The number of aliphatic imine (C=N–C) groups is 1. The van der Waals surface area contributed by atoms with Gasteiger partial charge >= 0.3 is 5.69 Å². The van der Waals surface area contributed by atoms with Crippen LogP contribution in [0.2, 0.25) is 5.02 Å². The smallest absolute Gasteiger partial charge is 0.335 e. The van der Waals surface area contributed by atoms with Crippen LogP contribution in [-0.2, 0) is 0 Å². The maximum atomic E-state index is 12.1. The van der Waals surface area contributed by atoms with Crippen LogP contribution < -0.4 is 11.2 Å². The van der Waals surface area contributed by atoms with Gasteiger partial charge in [-0.2, -0.15) is 0 Å². The third kappa shape index (κ3) is 3.48. The first-order chi connectivity index (χ1) is 13.3. The predicted octanol–water partition coefficient (Wildman–Crippen LogP) is 2.25. The molecular formula is C17H11ClN4O6. The Labute approximate surface area is 160 Å². The number of nitro groups is 1. The zero-order chi connectivity index (χ0) is 20.4. The molecule has 0 atom stereocenters. The maximum absolute atomic E-state index is 12.1. The number of aromatic hydroxyl groups is 2. The first-order valence-corrected chi connectivity index (χ1v) is 8.02. The van der Waals surface area contributed by atoms with E-state index in [9.17, 15) is 29.9 Å². The molecule has 0 saturated heterocycles. The van der Waals surface area contributed by atoms with Gasteiger partial charge in [0.05, 0.1) is 21.7 Å². The fraction of sp³-hybridized carbons (Fsp3) is 0. The van der Waals surface area contributed by atoms with Gasteiger partial charge in [-0.3, -0.25) is 24.9 Å². The van der Waals surface area contributed by atoms with E-state index in [0.717, 1.165) is 22.9 Å². The highest BCUT2D eigenvalue weighted by atomic mass is 35.5. The lowest BCUT2D eigenvalue weighted by Crippen LogP contribution is -2.31. The number of para-hydroxylation sites is 1. The van der Waals surface area contributed by atoms with E-state index >= 15 is 0 Å². The van der Waals surface area contributed by atoms with E-state index in [2.05, 4.69) is 4.99 Å². The van der Waals surface area contributed by atoms with Crippen LogP contribution in [0.1, 0.15) is 5.56 Å². The molecular weight excluding hydrogens is 392 g/mol. The molecule has 3 aromatic rings. The number of non-ortho nitro benzene ring substituents is 1. The first kappa shape index (κ1) is 18.9. The largest absolute Gasteiger partial charge is 0.505 e. The fourth-order valence-electron chi connectivity index (χ4n) is 2.38. The number of hydrogen-bond donors (Lipinski definition) is 3. The van der Waals surface area contributed by atoms with Crippen LogP contribution in [0.25, 0.3) is 5.69 Å². The molecule has 0 spiro atoms. The minimum atomic E-state index is -0.920. The van der Waals surface area contributed by atoms with Crippen molar-refractivity contribution in [3.8, 4) is 17.3 Å². The SMILES string of the molecule is O=c1[nH]c(=O)n(-c2ccccc2Cl)c(O)c1C=Nc1ccc([N+](=O)[O-])cc1O. The molecule has 0 unspecified atom stereocenters. The number of benzene rings is 2. The van der Waals surface area contributed by atoms with Crippen LogP contribution in [0.5, 0.6) is 11.6 Å². The number of phenols is 1. The minimum Gasteiger partial charge on any atom is -0.505 e. The normalized spacial score (nSPS) is 11.0. The van der Waals surface area contributed by atoms with Gasteiger partial charge < -0.3 is 10.2 Å². The molecule has 10 nitrogen and oxygen atoms in total. The lowest BCUT2D eigenvalue weighted by Gasteiger charge is -2.10. The molecule has 0 bridgehead atoms. The number of phenolic OH excluding ortho intramolecular Hbond substituents is 1. The summed E-state index contributed by atoms with van der Waals surface area (Å²) in [5.41, 5.74) is -2.50. The summed E-state index contributed by atoms with van der Waals surface area (Å²) in [7, 11) is 0. The van der Waals surface area contributed by atoms with Crippen molar-refractivity contribution >= 4 is 29.2 Å². The van der Waals surface area contributed by atoms with Crippen molar-refractivity contribution in [1.82, 2.24) is 9.55 Å². The van der Waals surface area contributed by atoms with Crippen LogP contribution >= 0.6 is 11.6 Å². The topological polar surface area (TPSA) is 151 Å². The van der Waals surface area contributed by atoms with Crippen LogP contribution in [0.4, 0.5) is 11.4 Å². The summed E-state index contributed by atoms with van der Waals surface area (Å²) in [6.07, 6.45) is 0.918. The summed E-state index contributed by atoms with van der Waals surface area (Å²) < 4.78 is 0.792. The number of halogens is 1. The van der Waals surface area contributed by atoms with Crippen molar-refractivity contribution in [3.63, 3.8) is 0 Å². The molecule has 0 aliphatic rings. The third-order valence-electron chi connectivity index (χ3n) is 3.72. The number of H-pyrrole nitrogens is 1. The van der Waals surface area contributed by atoms with Gasteiger partial charge in [-0.25, -0.2) is 9.36 Å². The van der Waals surface area contributed by atoms with Crippen molar-refractivity contribution in [3.05, 3.63) is 84.0 Å². The molecule has 0 aliphatic carbocycles. The van der Waals surface area contributed by atoms with Gasteiger partial charge in [-0.1, -0.05) is 23.7 Å². The van der Waals surface area contributed by atoms with Gasteiger partial charge in [0.15, 0.2) is 0 Å². The minimum absolute atomic E-state index is 0.0834.